The van der Waals surface area contributed by atoms with E-state index in [9.17, 15) is 0 Å². The number of para-hydroxylation sites is 7. The van der Waals surface area contributed by atoms with Gasteiger partial charge in [-0.1, -0.05) is 176 Å². The van der Waals surface area contributed by atoms with Crippen LogP contribution in [0.4, 0.5) is 74.5 Å². The summed E-state index contributed by atoms with van der Waals surface area (Å²) < 4.78 is 48.3. The fraction of sp³-hybridized carbons (Fsp3) is 0.137. The normalized spacial score (nSPS) is 16.8. The molecule has 16 heteroatoms. The number of benzene rings is 11. The second kappa shape index (κ2) is 27.4. The van der Waals surface area contributed by atoms with Gasteiger partial charge in [0.1, 0.15) is 47.0 Å². The maximum atomic E-state index is 7.67. The first-order chi connectivity index (χ1) is 55.6. The number of aromatic nitrogens is 4. The fourth-order valence-electron chi connectivity index (χ4n) is 16.8. The molecule has 0 radical (unpaired) electrons. The Morgan fingerprint density at radius 3 is 1.01 bits per heavy atom. The summed E-state index contributed by atoms with van der Waals surface area (Å²) in [4.78, 5) is 36.1. The van der Waals surface area contributed by atoms with Gasteiger partial charge in [0.05, 0.1) is 34.1 Å². The van der Waals surface area contributed by atoms with Crippen LogP contribution < -0.4 is 34.3 Å². The molecule has 0 fully saturated rings. The van der Waals surface area contributed by atoms with E-state index in [1.54, 1.807) is 18.6 Å². The summed E-state index contributed by atoms with van der Waals surface area (Å²) in [5, 5.41) is 8.91. The molecule has 18 aromatic rings. The number of aryl methyl sites for hydroxylation is 4. The molecule has 4 atom stereocenters. The smallest absolute Gasteiger partial charge is 0.178 e. The SMILES string of the molecule is Cc1ccc2c(oc3ccccc32)c1N1c2cccnc2N(c2ccccc2)C1C.Cc1ccc2c(oc3ccccc32)c1N1c2ncccc2N(c2ccccc2)C1C.Cc1ccc2c(oc3ccccc32)c1N1c2nccnc2N(c2ccccc2)C1C.[2H]C([2H])([2H])N1C=CN(c2c(C)ccc3c2oc2ccccc23)C1C. The molecule has 111 heavy (non-hydrogen) atoms. The van der Waals surface area contributed by atoms with Crippen LogP contribution in [0, 0.1) is 27.7 Å². The summed E-state index contributed by atoms with van der Waals surface area (Å²) >= 11 is 0. The van der Waals surface area contributed by atoms with Gasteiger partial charge in [0.25, 0.3) is 0 Å². The maximum absolute atomic E-state index is 7.67. The number of anilines is 13. The van der Waals surface area contributed by atoms with Gasteiger partial charge in [-0.15, -0.1) is 0 Å². The molecule has 0 saturated carbocycles. The summed E-state index contributed by atoms with van der Waals surface area (Å²) in [6.45, 7) is 14.8. The highest BCUT2D eigenvalue weighted by molar-refractivity contribution is 6.14. The van der Waals surface area contributed by atoms with Gasteiger partial charge in [-0.2, -0.15) is 0 Å². The van der Waals surface area contributed by atoms with Crippen LogP contribution in [-0.2, 0) is 0 Å². The van der Waals surface area contributed by atoms with E-state index in [2.05, 4.69) is 228 Å². The van der Waals surface area contributed by atoms with Crippen molar-refractivity contribution in [2.75, 3.05) is 41.3 Å². The second-order valence-corrected chi connectivity index (χ2v) is 28.6. The molecule has 544 valence electrons. The zero-order chi connectivity index (χ0) is 77.8. The van der Waals surface area contributed by atoms with E-state index < -0.39 is 6.98 Å². The van der Waals surface area contributed by atoms with Crippen LogP contribution in [0.15, 0.2) is 316 Å². The van der Waals surface area contributed by atoms with Crippen molar-refractivity contribution >= 4 is 162 Å². The highest BCUT2D eigenvalue weighted by atomic mass is 16.3. The van der Waals surface area contributed by atoms with Crippen molar-refractivity contribution in [3.8, 4) is 0 Å². The molecular formula is C95H80N12O4. The third-order valence-electron chi connectivity index (χ3n) is 22.0. The molecule has 0 spiro atoms. The Morgan fingerprint density at radius 1 is 0.270 bits per heavy atom. The van der Waals surface area contributed by atoms with Crippen molar-refractivity contribution in [2.24, 2.45) is 0 Å². The van der Waals surface area contributed by atoms with Crippen molar-refractivity contribution < 1.29 is 21.8 Å². The van der Waals surface area contributed by atoms with Crippen LogP contribution in [0.2, 0.25) is 0 Å². The Bertz CT molecular complexity index is 6230. The molecule has 0 bridgehead atoms. The van der Waals surface area contributed by atoms with E-state index in [0.29, 0.717) is 0 Å². The van der Waals surface area contributed by atoms with Gasteiger partial charge in [0.2, 0.25) is 0 Å². The molecule has 4 aliphatic heterocycles. The zero-order valence-corrected chi connectivity index (χ0v) is 62.6. The molecule has 11 heterocycles. The molecule has 22 rings (SSSR count). The van der Waals surface area contributed by atoms with E-state index in [1.165, 1.54) is 16.0 Å². The van der Waals surface area contributed by atoms with Crippen molar-refractivity contribution in [3.63, 3.8) is 0 Å². The van der Waals surface area contributed by atoms with Gasteiger partial charge >= 0.3 is 0 Å². The number of fused-ring (bicyclic) bond motifs is 15. The van der Waals surface area contributed by atoms with Crippen molar-refractivity contribution in [1.29, 1.82) is 0 Å². The van der Waals surface area contributed by atoms with Crippen LogP contribution in [0.1, 0.15) is 54.1 Å². The summed E-state index contributed by atoms with van der Waals surface area (Å²) in [6.07, 6.45) is 10.4. The largest absolute Gasteiger partial charge is 0.454 e. The van der Waals surface area contributed by atoms with Gasteiger partial charge in [-0.25, -0.2) is 19.9 Å². The van der Waals surface area contributed by atoms with Crippen LogP contribution in [0.25, 0.3) is 87.8 Å². The van der Waals surface area contributed by atoms with Crippen LogP contribution in [0.3, 0.4) is 0 Å². The minimum atomic E-state index is -2.17. The molecule has 7 aromatic heterocycles. The quantitative estimate of drug-likeness (QED) is 0.150. The van der Waals surface area contributed by atoms with E-state index in [1.807, 2.05) is 147 Å². The first-order valence-corrected chi connectivity index (χ1v) is 37.6. The van der Waals surface area contributed by atoms with Gasteiger partial charge in [0.15, 0.2) is 45.6 Å². The minimum Gasteiger partial charge on any atom is -0.454 e. The van der Waals surface area contributed by atoms with Crippen LogP contribution >= 0.6 is 0 Å². The van der Waals surface area contributed by atoms with E-state index in [0.717, 1.165) is 173 Å². The van der Waals surface area contributed by atoms with Crippen molar-refractivity contribution in [3.05, 3.63) is 320 Å². The average Bonchev–Trinajstić information content (AvgIpc) is 1.58. The van der Waals surface area contributed by atoms with Crippen LogP contribution in [0.5, 0.6) is 0 Å². The lowest BCUT2D eigenvalue weighted by atomic mass is 10.1. The monoisotopic (exact) mass is 1460 g/mol. The Labute approximate surface area is 647 Å². The van der Waals surface area contributed by atoms with Crippen molar-refractivity contribution in [2.45, 2.75) is 80.1 Å². The number of rotatable bonds is 7. The Hall–Kier alpha value is -13.9. The first kappa shape index (κ1) is 64.3. The average molecular weight is 1460 g/mol. The molecule has 0 N–H and O–H groups in total. The highest BCUT2D eigenvalue weighted by Crippen LogP contribution is 2.54. The molecular weight excluding hydrogens is 1370 g/mol. The third kappa shape index (κ3) is 11.2. The molecule has 0 saturated heterocycles. The summed E-state index contributed by atoms with van der Waals surface area (Å²) in [6, 6.07) is 89.2. The van der Waals surface area contributed by atoms with Crippen molar-refractivity contribution in [1.82, 2.24) is 24.8 Å². The highest BCUT2D eigenvalue weighted by Gasteiger charge is 2.42. The zero-order valence-electron chi connectivity index (χ0n) is 65.6. The third-order valence-corrected chi connectivity index (χ3v) is 22.0. The van der Waals surface area contributed by atoms with Gasteiger partial charge in [0, 0.05) is 108 Å². The number of furan rings is 4. The summed E-state index contributed by atoms with van der Waals surface area (Å²) in [5.41, 5.74) is 21.3. The maximum Gasteiger partial charge on any atom is 0.178 e. The van der Waals surface area contributed by atoms with E-state index in [-0.39, 0.29) is 24.7 Å². The lowest BCUT2D eigenvalue weighted by molar-refractivity contribution is 0.383. The summed E-state index contributed by atoms with van der Waals surface area (Å²) in [5.74, 6) is 3.60. The van der Waals surface area contributed by atoms with Gasteiger partial charge < -0.3 is 47.1 Å². The lowest BCUT2D eigenvalue weighted by Crippen LogP contribution is -2.36. The molecule has 4 aliphatic rings. The molecule has 0 amide bonds. The van der Waals surface area contributed by atoms with Gasteiger partial charge in [-0.05, 0) is 163 Å². The summed E-state index contributed by atoms with van der Waals surface area (Å²) in [7, 11) is 0. The molecule has 16 nitrogen and oxygen atoms in total. The topological polar surface area (TPSA) is 130 Å². The Kier molecular flexibility index (Phi) is 15.9. The van der Waals surface area contributed by atoms with E-state index >= 15 is 0 Å². The Balaban J connectivity index is 0.000000102. The van der Waals surface area contributed by atoms with E-state index in [4.69, 9.17) is 36.7 Å². The molecule has 11 aromatic carbocycles. The second-order valence-electron chi connectivity index (χ2n) is 28.6. The number of pyridine rings is 2. The number of hydrogen-bond donors (Lipinski definition) is 0. The minimum absolute atomic E-state index is 0.0117. The molecule has 4 unspecified atom stereocenters. The predicted octanol–water partition coefficient (Wildman–Crippen LogP) is 24.6. The van der Waals surface area contributed by atoms with Crippen LogP contribution in [-0.4, -0.2) is 56.5 Å². The lowest BCUT2D eigenvalue weighted by Gasteiger charge is -2.30. The fourth-order valence-corrected chi connectivity index (χ4v) is 16.8. The number of nitrogens with zero attached hydrogens (tertiary/aromatic N) is 12. The number of hydrogen-bond acceptors (Lipinski definition) is 16. The standard InChI is InChI=1S/2C26H21N3O.C25H20N4O.C18H18N2O/c1-17-14-15-21-20-11-6-7-13-23(20)30-25(21)24(17)29-18(2)28(19-9-4-3-5-10-19)26-22(29)12-8-16-27-26;1-17-14-15-21-20-11-6-7-13-23(20)30-25(21)24(17)29-18(2)28(19-9-4-3-5-10-19)22-12-8-16-27-26(22)29;1-16-12-13-20-19-10-6-7-11-21(19)30-23(20)22(16)29-17(2)28(18-8-4-3-5-9-18)24-25(29)27-15-14-26-24;1-12-8-9-15-14-6-4-5-7-16(14)21-18(15)17(12)20-11-10-19(3)13(20)2/h2*3-16,18H,1-2H3;3-15,17H,1-2H3;4-11,13H,1-3H3/i;;;3D3. The molecule has 0 aliphatic carbocycles. The van der Waals surface area contributed by atoms with Gasteiger partial charge in [-0.3, -0.25) is 9.80 Å². The predicted molar refractivity (Wildman–Crippen MR) is 454 cm³/mol. The Morgan fingerprint density at radius 2 is 0.586 bits per heavy atom. The first-order valence-electron chi connectivity index (χ1n) is 39.1.